The third kappa shape index (κ3) is 1.57. The first kappa shape index (κ1) is 8.20. The Morgan fingerprint density at radius 2 is 2.36 bits per heavy atom. The molecule has 1 rings (SSSR count). The third-order valence-electron chi connectivity index (χ3n) is 1.42. The van der Waals surface area contributed by atoms with Crippen molar-refractivity contribution in [2.75, 3.05) is 7.11 Å². The number of cyclic esters (lactones) is 2. The molecule has 59 valence electrons. The van der Waals surface area contributed by atoms with Crippen LogP contribution in [0.2, 0.25) is 0 Å². The van der Waals surface area contributed by atoms with Gasteiger partial charge < -0.3 is 9.47 Å². The topological polar surface area (TPSA) is 52.6 Å². The lowest BCUT2D eigenvalue weighted by Gasteiger charge is -2.10. The van der Waals surface area contributed by atoms with Crippen LogP contribution in [-0.4, -0.2) is 25.2 Å². The normalized spacial score (nSPS) is 26.9. The van der Waals surface area contributed by atoms with Gasteiger partial charge in [0.05, 0.1) is 18.4 Å². The van der Waals surface area contributed by atoms with E-state index in [1.807, 2.05) is 0 Å². The molecule has 1 aliphatic heterocycles. The summed E-state index contributed by atoms with van der Waals surface area (Å²) in [6, 6.07) is 0. The van der Waals surface area contributed by atoms with Crippen LogP contribution < -0.4 is 0 Å². The van der Waals surface area contributed by atoms with Gasteiger partial charge in [0, 0.05) is 7.11 Å². The van der Waals surface area contributed by atoms with Crippen molar-refractivity contribution < 1.29 is 19.1 Å². The van der Waals surface area contributed by atoms with Crippen molar-refractivity contribution in [1.29, 1.82) is 0 Å². The number of hydrogen-bond donors (Lipinski definition) is 0. The molecule has 0 saturated carbocycles. The Labute approximate surface area is 64.5 Å². The number of ether oxygens (including phenoxy) is 2. The minimum absolute atomic E-state index is 0.649. The van der Waals surface area contributed by atoms with Crippen LogP contribution in [0.4, 0.5) is 0 Å². The molecule has 4 nitrogen and oxygen atoms in total. The number of esters is 2. The van der Waals surface area contributed by atoms with E-state index in [2.05, 4.69) is 9.47 Å². The largest absolute Gasteiger partial charge is 0.393 e. The first-order chi connectivity index (χ1) is 5.15. The molecule has 0 aromatic carbocycles. The van der Waals surface area contributed by atoms with Gasteiger partial charge in [-0.05, 0) is 6.92 Å². The van der Waals surface area contributed by atoms with Crippen LogP contribution in [0.1, 0.15) is 0 Å². The van der Waals surface area contributed by atoms with Crippen molar-refractivity contribution in [3.05, 3.63) is 13.3 Å². The molecular weight excluding hydrogens is 148 g/mol. The second-order valence-electron chi connectivity index (χ2n) is 2.13. The van der Waals surface area contributed by atoms with Gasteiger partial charge in [0.2, 0.25) is 0 Å². The second kappa shape index (κ2) is 3.00. The van der Waals surface area contributed by atoms with Crippen molar-refractivity contribution in [2.24, 2.45) is 5.92 Å². The van der Waals surface area contributed by atoms with Gasteiger partial charge in [-0.2, -0.15) is 0 Å². The molecule has 0 N–H and O–H groups in total. The molecule has 1 saturated heterocycles. The summed E-state index contributed by atoms with van der Waals surface area (Å²) in [4.78, 5) is 21.2. The van der Waals surface area contributed by atoms with Crippen LogP contribution in [0.3, 0.4) is 0 Å². The van der Waals surface area contributed by atoms with E-state index in [1.165, 1.54) is 7.11 Å². The molecule has 1 heterocycles. The fraction of sp³-hybridized carbons (Fsp3) is 0.429. The average Bonchev–Trinajstić information content (AvgIpc) is 2.28. The lowest BCUT2D eigenvalue weighted by Crippen LogP contribution is -2.23. The Morgan fingerprint density at radius 1 is 1.73 bits per heavy atom. The van der Waals surface area contributed by atoms with Gasteiger partial charge in [-0.15, -0.1) is 0 Å². The summed E-state index contributed by atoms with van der Waals surface area (Å²) in [6.07, 6.45) is 0.310. The number of methoxy groups -OCH3 is 1. The van der Waals surface area contributed by atoms with Crippen molar-refractivity contribution in [1.82, 2.24) is 0 Å². The number of carbonyl (C=O) groups is 2. The van der Waals surface area contributed by atoms with Crippen molar-refractivity contribution in [3.63, 3.8) is 0 Å². The molecule has 1 aliphatic rings. The first-order valence-corrected chi connectivity index (χ1v) is 3.04. The molecule has 0 aliphatic carbocycles. The summed E-state index contributed by atoms with van der Waals surface area (Å²) in [5, 5.41) is 0. The van der Waals surface area contributed by atoms with Crippen LogP contribution in [-0.2, 0) is 19.1 Å². The Balaban J connectivity index is 2.59. The molecule has 2 unspecified atom stereocenters. The van der Waals surface area contributed by atoms with Gasteiger partial charge in [-0.1, -0.05) is 0 Å². The van der Waals surface area contributed by atoms with Crippen LogP contribution in [0.15, 0.2) is 0 Å². The summed E-state index contributed by atoms with van der Waals surface area (Å²) in [7, 11) is 1.36. The summed E-state index contributed by atoms with van der Waals surface area (Å²) < 4.78 is 8.85. The van der Waals surface area contributed by atoms with Gasteiger partial charge in [-0.25, -0.2) is 0 Å². The monoisotopic (exact) mass is 155 g/mol. The summed E-state index contributed by atoms with van der Waals surface area (Å²) in [5.41, 5.74) is 0. The zero-order valence-corrected chi connectivity index (χ0v) is 5.94. The summed E-state index contributed by atoms with van der Waals surface area (Å²) in [6.45, 7) is 5.32. The molecule has 11 heavy (non-hydrogen) atoms. The van der Waals surface area contributed by atoms with E-state index in [1.54, 1.807) is 0 Å². The number of hydrogen-bond acceptors (Lipinski definition) is 4. The molecule has 0 bridgehead atoms. The Hall–Kier alpha value is -0.900. The number of carbonyl (C=O) groups excluding carboxylic acids is 2. The van der Waals surface area contributed by atoms with Crippen LogP contribution in [0, 0.1) is 19.3 Å². The van der Waals surface area contributed by atoms with E-state index >= 15 is 0 Å². The van der Waals surface area contributed by atoms with Gasteiger partial charge >= 0.3 is 11.9 Å². The molecule has 4 heteroatoms. The predicted octanol–water partition coefficient (Wildman–Crippen LogP) is -0.384. The standard InChI is InChI=1S/C7H7O4/c1-4(10-2)5-3-6(8)11-7(5)9/h1,3-5H,2H3. The van der Waals surface area contributed by atoms with Gasteiger partial charge in [0.1, 0.15) is 0 Å². The highest BCUT2D eigenvalue weighted by Gasteiger charge is 2.38. The Bertz CT molecular complexity index is 187. The van der Waals surface area contributed by atoms with Crippen LogP contribution in [0.25, 0.3) is 0 Å². The average molecular weight is 155 g/mol. The van der Waals surface area contributed by atoms with E-state index in [-0.39, 0.29) is 0 Å². The predicted molar refractivity (Wildman–Crippen MR) is 34.0 cm³/mol. The molecule has 0 aromatic heterocycles. The third-order valence-corrected chi connectivity index (χ3v) is 1.42. The van der Waals surface area contributed by atoms with Crippen molar-refractivity contribution >= 4 is 11.9 Å². The maximum atomic E-state index is 10.8. The lowest BCUT2D eigenvalue weighted by molar-refractivity contribution is -0.153. The van der Waals surface area contributed by atoms with E-state index in [4.69, 9.17) is 6.92 Å². The highest BCUT2D eigenvalue weighted by molar-refractivity contribution is 6.01. The van der Waals surface area contributed by atoms with Gasteiger partial charge in [0.15, 0.2) is 0 Å². The van der Waals surface area contributed by atoms with E-state index in [9.17, 15) is 9.59 Å². The first-order valence-electron chi connectivity index (χ1n) is 3.04. The second-order valence-corrected chi connectivity index (χ2v) is 2.13. The van der Waals surface area contributed by atoms with Gasteiger partial charge in [0.25, 0.3) is 0 Å². The van der Waals surface area contributed by atoms with E-state index in [0.717, 1.165) is 6.42 Å². The zero-order chi connectivity index (χ0) is 8.43. The van der Waals surface area contributed by atoms with E-state index < -0.39 is 24.0 Å². The fourth-order valence-electron chi connectivity index (χ4n) is 0.791. The fourth-order valence-corrected chi connectivity index (χ4v) is 0.791. The molecule has 2 atom stereocenters. The molecule has 0 aromatic rings. The maximum absolute atomic E-state index is 10.8. The molecular formula is C7H7O4. The lowest BCUT2D eigenvalue weighted by atomic mass is 10.0. The molecule has 1 fully saturated rings. The van der Waals surface area contributed by atoms with Crippen molar-refractivity contribution in [2.45, 2.75) is 6.10 Å². The Morgan fingerprint density at radius 3 is 2.73 bits per heavy atom. The maximum Gasteiger partial charge on any atom is 0.320 e. The quantitative estimate of drug-likeness (QED) is 0.402. The zero-order valence-electron chi connectivity index (χ0n) is 5.94. The summed E-state index contributed by atoms with van der Waals surface area (Å²) >= 11 is 0. The Kier molecular flexibility index (Phi) is 2.24. The minimum atomic E-state index is -0.797. The smallest absolute Gasteiger partial charge is 0.320 e. The number of rotatable bonds is 2. The van der Waals surface area contributed by atoms with Crippen molar-refractivity contribution in [3.8, 4) is 0 Å². The molecule has 0 spiro atoms. The highest BCUT2D eigenvalue weighted by Crippen LogP contribution is 2.19. The van der Waals surface area contributed by atoms with E-state index in [0.29, 0.717) is 0 Å². The summed E-state index contributed by atoms with van der Waals surface area (Å²) in [5.74, 6) is -2.07. The molecule has 3 radical (unpaired) electrons. The van der Waals surface area contributed by atoms with Gasteiger partial charge in [-0.3, -0.25) is 9.59 Å². The minimum Gasteiger partial charge on any atom is -0.393 e. The van der Waals surface area contributed by atoms with Crippen LogP contribution in [0.5, 0.6) is 0 Å². The molecule has 0 amide bonds. The van der Waals surface area contributed by atoms with Crippen LogP contribution >= 0.6 is 0 Å². The SMILES string of the molecule is [CH]C(OC)C1[CH]C(=O)OC1=O. The highest BCUT2D eigenvalue weighted by atomic mass is 16.6.